The first kappa shape index (κ1) is 10.8. The number of hydrogen-bond acceptors (Lipinski definition) is 2. The summed E-state index contributed by atoms with van der Waals surface area (Å²) < 4.78 is 5.75. The van der Waals surface area contributed by atoms with Crippen LogP contribution in [0.25, 0.3) is 0 Å². The van der Waals surface area contributed by atoms with Crippen molar-refractivity contribution in [3.63, 3.8) is 0 Å². The van der Waals surface area contributed by atoms with Gasteiger partial charge in [-0.15, -0.1) is 0 Å². The fourth-order valence-electron chi connectivity index (χ4n) is 1.55. The van der Waals surface area contributed by atoms with Gasteiger partial charge in [-0.2, -0.15) is 0 Å². The van der Waals surface area contributed by atoms with Crippen LogP contribution in [0.15, 0.2) is 18.2 Å². The maximum absolute atomic E-state index is 6.10. The van der Waals surface area contributed by atoms with E-state index in [1.54, 1.807) is 0 Å². The van der Waals surface area contributed by atoms with Crippen LogP contribution >= 0.6 is 11.6 Å². The largest absolute Gasteiger partial charge is 0.493 e. The molecule has 1 aromatic carbocycles. The van der Waals surface area contributed by atoms with Gasteiger partial charge in [0.15, 0.2) is 0 Å². The van der Waals surface area contributed by atoms with Gasteiger partial charge < -0.3 is 10.5 Å². The number of benzene rings is 1. The molecule has 2 rings (SSSR count). The summed E-state index contributed by atoms with van der Waals surface area (Å²) in [7, 11) is 0. The van der Waals surface area contributed by atoms with Crippen LogP contribution < -0.4 is 10.5 Å². The third-order valence-electron chi connectivity index (χ3n) is 2.64. The van der Waals surface area contributed by atoms with E-state index in [-0.39, 0.29) is 0 Å². The second-order valence-electron chi connectivity index (χ2n) is 4.01. The molecule has 82 valence electrons. The summed E-state index contributed by atoms with van der Waals surface area (Å²) in [6, 6.07) is 5.78. The molecular formula is C12H16ClNO. The van der Waals surface area contributed by atoms with Crippen LogP contribution in [-0.2, 0) is 6.42 Å². The Morgan fingerprint density at radius 2 is 2.20 bits per heavy atom. The third-order valence-corrected chi connectivity index (χ3v) is 3.00. The molecule has 0 amide bonds. The lowest BCUT2D eigenvalue weighted by Crippen LogP contribution is -2.07. The topological polar surface area (TPSA) is 35.2 Å². The SMILES string of the molecule is NCCc1c(Cl)cccc1OCC1CC1. The first-order valence-electron chi connectivity index (χ1n) is 5.41. The normalized spacial score (nSPS) is 15.3. The van der Waals surface area contributed by atoms with E-state index in [4.69, 9.17) is 22.1 Å². The Kier molecular flexibility index (Phi) is 3.49. The second-order valence-corrected chi connectivity index (χ2v) is 4.42. The smallest absolute Gasteiger partial charge is 0.124 e. The number of rotatable bonds is 5. The van der Waals surface area contributed by atoms with Gasteiger partial charge in [0.2, 0.25) is 0 Å². The average molecular weight is 226 g/mol. The maximum Gasteiger partial charge on any atom is 0.124 e. The zero-order chi connectivity index (χ0) is 10.7. The average Bonchev–Trinajstić information content (AvgIpc) is 3.03. The quantitative estimate of drug-likeness (QED) is 0.836. The standard InChI is InChI=1S/C12H16ClNO/c13-11-2-1-3-12(10(11)6-7-14)15-8-9-4-5-9/h1-3,9H,4-8,14H2. The Bertz CT molecular complexity index is 336. The molecule has 0 spiro atoms. The van der Waals surface area contributed by atoms with Crippen molar-refractivity contribution in [1.29, 1.82) is 0 Å². The molecule has 2 nitrogen and oxygen atoms in total. The lowest BCUT2D eigenvalue weighted by molar-refractivity contribution is 0.297. The van der Waals surface area contributed by atoms with Gasteiger partial charge in [0, 0.05) is 10.6 Å². The molecule has 0 aliphatic heterocycles. The lowest BCUT2D eigenvalue weighted by atomic mass is 10.1. The summed E-state index contributed by atoms with van der Waals surface area (Å²) in [6.07, 6.45) is 3.37. The van der Waals surface area contributed by atoms with E-state index in [0.717, 1.165) is 35.3 Å². The van der Waals surface area contributed by atoms with E-state index in [1.807, 2.05) is 18.2 Å². The molecule has 1 aromatic rings. The summed E-state index contributed by atoms with van der Waals surface area (Å²) in [5.41, 5.74) is 6.60. The van der Waals surface area contributed by atoms with E-state index in [0.29, 0.717) is 6.54 Å². The summed E-state index contributed by atoms with van der Waals surface area (Å²) in [4.78, 5) is 0. The summed E-state index contributed by atoms with van der Waals surface area (Å²) in [5.74, 6) is 1.66. The molecule has 1 aliphatic carbocycles. The van der Waals surface area contributed by atoms with Gasteiger partial charge in [0.05, 0.1) is 6.61 Å². The molecule has 0 radical (unpaired) electrons. The monoisotopic (exact) mass is 225 g/mol. The van der Waals surface area contributed by atoms with Crippen LogP contribution in [-0.4, -0.2) is 13.2 Å². The summed E-state index contributed by atoms with van der Waals surface area (Å²) in [6.45, 7) is 1.42. The van der Waals surface area contributed by atoms with Gasteiger partial charge in [-0.3, -0.25) is 0 Å². The minimum Gasteiger partial charge on any atom is -0.493 e. The van der Waals surface area contributed by atoms with Crippen LogP contribution in [0.3, 0.4) is 0 Å². The van der Waals surface area contributed by atoms with Crippen molar-refractivity contribution in [2.24, 2.45) is 11.7 Å². The van der Waals surface area contributed by atoms with Gasteiger partial charge in [-0.05, 0) is 43.9 Å². The Morgan fingerprint density at radius 3 is 2.87 bits per heavy atom. The van der Waals surface area contributed by atoms with Gasteiger partial charge >= 0.3 is 0 Å². The molecule has 0 aromatic heterocycles. The van der Waals surface area contributed by atoms with Crippen molar-refractivity contribution in [1.82, 2.24) is 0 Å². The molecule has 1 fully saturated rings. The Balaban J connectivity index is 2.08. The van der Waals surface area contributed by atoms with Crippen LogP contribution in [0.5, 0.6) is 5.75 Å². The molecule has 3 heteroatoms. The lowest BCUT2D eigenvalue weighted by Gasteiger charge is -2.11. The van der Waals surface area contributed by atoms with Crippen LogP contribution in [0.4, 0.5) is 0 Å². The predicted molar refractivity (Wildman–Crippen MR) is 62.4 cm³/mol. The molecular weight excluding hydrogens is 210 g/mol. The van der Waals surface area contributed by atoms with Crippen molar-refractivity contribution in [2.75, 3.05) is 13.2 Å². The van der Waals surface area contributed by atoms with Gasteiger partial charge in [0.1, 0.15) is 5.75 Å². The van der Waals surface area contributed by atoms with Crippen molar-refractivity contribution in [3.8, 4) is 5.75 Å². The highest BCUT2D eigenvalue weighted by molar-refractivity contribution is 6.31. The first-order valence-corrected chi connectivity index (χ1v) is 5.79. The van der Waals surface area contributed by atoms with E-state index in [1.165, 1.54) is 12.8 Å². The predicted octanol–water partition coefficient (Wildman–Crippen LogP) is 2.63. The molecule has 1 aliphatic rings. The number of hydrogen-bond donors (Lipinski definition) is 1. The molecule has 1 saturated carbocycles. The zero-order valence-electron chi connectivity index (χ0n) is 8.71. The van der Waals surface area contributed by atoms with Crippen molar-refractivity contribution in [3.05, 3.63) is 28.8 Å². The molecule has 2 N–H and O–H groups in total. The van der Waals surface area contributed by atoms with Gasteiger partial charge in [-0.1, -0.05) is 17.7 Å². The van der Waals surface area contributed by atoms with Crippen molar-refractivity contribution < 1.29 is 4.74 Å². The van der Waals surface area contributed by atoms with E-state index < -0.39 is 0 Å². The Labute approximate surface area is 95.4 Å². The second kappa shape index (κ2) is 4.86. The molecule has 0 atom stereocenters. The van der Waals surface area contributed by atoms with Crippen molar-refractivity contribution in [2.45, 2.75) is 19.3 Å². The van der Waals surface area contributed by atoms with E-state index >= 15 is 0 Å². The molecule has 15 heavy (non-hydrogen) atoms. The van der Waals surface area contributed by atoms with Crippen molar-refractivity contribution >= 4 is 11.6 Å². The van der Waals surface area contributed by atoms with Crippen LogP contribution in [0, 0.1) is 5.92 Å². The minimum absolute atomic E-state index is 0.601. The summed E-state index contributed by atoms with van der Waals surface area (Å²) in [5, 5.41) is 0.758. The number of nitrogens with two attached hydrogens (primary N) is 1. The van der Waals surface area contributed by atoms with Gasteiger partial charge in [0.25, 0.3) is 0 Å². The zero-order valence-corrected chi connectivity index (χ0v) is 9.46. The molecule has 0 unspecified atom stereocenters. The summed E-state index contributed by atoms with van der Waals surface area (Å²) >= 11 is 6.10. The molecule has 0 heterocycles. The van der Waals surface area contributed by atoms with Gasteiger partial charge in [-0.25, -0.2) is 0 Å². The maximum atomic E-state index is 6.10. The van der Waals surface area contributed by atoms with E-state index in [2.05, 4.69) is 0 Å². The number of ether oxygens (including phenoxy) is 1. The van der Waals surface area contributed by atoms with Crippen LogP contribution in [0.1, 0.15) is 18.4 Å². The molecule has 0 saturated heterocycles. The highest BCUT2D eigenvalue weighted by Crippen LogP contribution is 2.32. The highest BCUT2D eigenvalue weighted by atomic mass is 35.5. The third kappa shape index (κ3) is 2.86. The fraction of sp³-hybridized carbons (Fsp3) is 0.500. The number of halogens is 1. The highest BCUT2D eigenvalue weighted by Gasteiger charge is 2.22. The molecule has 0 bridgehead atoms. The first-order chi connectivity index (χ1) is 7.31. The Hall–Kier alpha value is -0.730. The van der Waals surface area contributed by atoms with Crippen LogP contribution in [0.2, 0.25) is 5.02 Å². The minimum atomic E-state index is 0.601. The fourth-order valence-corrected chi connectivity index (χ4v) is 1.81. The van der Waals surface area contributed by atoms with E-state index in [9.17, 15) is 0 Å². The Morgan fingerprint density at radius 1 is 1.40 bits per heavy atom.